The number of nitrogens with one attached hydrogen (secondary N) is 1. The highest BCUT2D eigenvalue weighted by Gasteiger charge is 2.22. The molecule has 1 aliphatic heterocycles. The summed E-state index contributed by atoms with van der Waals surface area (Å²) in [4.78, 5) is 16.1. The van der Waals surface area contributed by atoms with E-state index in [9.17, 15) is 4.79 Å². The number of nitrogens with zero attached hydrogens (tertiary/aromatic N) is 1. The smallest absolute Gasteiger partial charge is 0.238 e. The fourth-order valence-corrected chi connectivity index (χ4v) is 4.22. The molecule has 0 unspecified atom stereocenters. The van der Waals surface area contributed by atoms with Crippen LogP contribution in [0, 0.1) is 0 Å². The predicted octanol–water partition coefficient (Wildman–Crippen LogP) is 4.04. The molecule has 28 heavy (non-hydrogen) atoms. The summed E-state index contributed by atoms with van der Waals surface area (Å²) in [5.41, 5.74) is 0.520. The fraction of sp³-hybridized carbons (Fsp3) is 0.450. The van der Waals surface area contributed by atoms with Crippen LogP contribution in [0.15, 0.2) is 29.6 Å². The standard InChI is InChI=1S/C20H25ClN2O4S/c1-25-18-10-19(26-2)17(9-16(18)21)22-20(24)13-23(11-14-5-3-7-27-14)12-15-6-4-8-28-15/h4,6,8-10,14H,3,5,7,11-13H2,1-2H3,(H,22,24)/t14-/m0/s1. The lowest BCUT2D eigenvalue weighted by Crippen LogP contribution is -2.37. The van der Waals surface area contributed by atoms with Gasteiger partial charge >= 0.3 is 0 Å². The highest BCUT2D eigenvalue weighted by molar-refractivity contribution is 7.09. The van der Waals surface area contributed by atoms with Gasteiger partial charge in [0.05, 0.1) is 37.6 Å². The van der Waals surface area contributed by atoms with Crippen LogP contribution in [0.1, 0.15) is 17.7 Å². The van der Waals surface area contributed by atoms with Gasteiger partial charge in [0.1, 0.15) is 11.5 Å². The Labute approximate surface area is 174 Å². The Morgan fingerprint density at radius 1 is 1.36 bits per heavy atom. The largest absolute Gasteiger partial charge is 0.495 e. The Morgan fingerprint density at radius 3 is 2.82 bits per heavy atom. The van der Waals surface area contributed by atoms with Crippen LogP contribution in [-0.4, -0.2) is 50.8 Å². The van der Waals surface area contributed by atoms with E-state index in [0.717, 1.165) is 26.0 Å². The number of hydrogen-bond acceptors (Lipinski definition) is 6. The second-order valence-corrected chi connectivity index (χ2v) is 8.06. The second kappa shape index (κ2) is 10.1. The minimum Gasteiger partial charge on any atom is -0.495 e. The third-order valence-electron chi connectivity index (χ3n) is 4.56. The van der Waals surface area contributed by atoms with Gasteiger partial charge in [-0.05, 0) is 30.4 Å². The summed E-state index contributed by atoms with van der Waals surface area (Å²) in [6, 6.07) is 7.40. The average molecular weight is 425 g/mol. The first-order valence-corrected chi connectivity index (χ1v) is 10.4. The number of methoxy groups -OCH3 is 2. The number of anilines is 1. The molecule has 0 spiro atoms. The summed E-state index contributed by atoms with van der Waals surface area (Å²) in [6.07, 6.45) is 2.29. The van der Waals surface area contributed by atoms with Crippen molar-refractivity contribution in [2.45, 2.75) is 25.5 Å². The van der Waals surface area contributed by atoms with Gasteiger partial charge in [0.2, 0.25) is 5.91 Å². The van der Waals surface area contributed by atoms with Crippen LogP contribution in [0.2, 0.25) is 5.02 Å². The van der Waals surface area contributed by atoms with Gasteiger partial charge in [0.25, 0.3) is 0 Å². The minimum atomic E-state index is -0.130. The molecule has 3 rings (SSSR count). The van der Waals surface area contributed by atoms with E-state index in [-0.39, 0.29) is 18.6 Å². The molecular weight excluding hydrogens is 400 g/mol. The molecule has 1 aliphatic rings. The van der Waals surface area contributed by atoms with Crippen molar-refractivity contribution in [1.82, 2.24) is 4.90 Å². The molecule has 0 saturated carbocycles. The number of ether oxygens (including phenoxy) is 3. The number of benzene rings is 1. The van der Waals surface area contributed by atoms with Gasteiger partial charge in [-0.15, -0.1) is 11.3 Å². The van der Waals surface area contributed by atoms with Gasteiger partial charge in [-0.3, -0.25) is 9.69 Å². The van der Waals surface area contributed by atoms with E-state index < -0.39 is 0 Å². The van der Waals surface area contributed by atoms with Crippen LogP contribution in [0.5, 0.6) is 11.5 Å². The maximum Gasteiger partial charge on any atom is 0.238 e. The molecule has 2 heterocycles. The van der Waals surface area contributed by atoms with Crippen LogP contribution in [0.25, 0.3) is 0 Å². The second-order valence-electron chi connectivity index (χ2n) is 6.62. The Hall–Kier alpha value is -1.80. The minimum absolute atomic E-state index is 0.130. The van der Waals surface area contributed by atoms with E-state index in [1.807, 2.05) is 11.4 Å². The maximum atomic E-state index is 12.7. The zero-order valence-corrected chi connectivity index (χ0v) is 17.6. The molecule has 6 nitrogen and oxygen atoms in total. The Kier molecular flexibility index (Phi) is 7.56. The topological polar surface area (TPSA) is 60.0 Å². The quantitative estimate of drug-likeness (QED) is 0.658. The fourth-order valence-electron chi connectivity index (χ4n) is 3.23. The lowest BCUT2D eigenvalue weighted by molar-refractivity contribution is -0.117. The lowest BCUT2D eigenvalue weighted by Gasteiger charge is -2.24. The van der Waals surface area contributed by atoms with Crippen LogP contribution >= 0.6 is 22.9 Å². The molecule has 0 radical (unpaired) electrons. The Bertz CT molecular complexity index is 779. The number of rotatable bonds is 9. The molecule has 0 aliphatic carbocycles. The van der Waals surface area contributed by atoms with Gasteiger partial charge in [-0.1, -0.05) is 17.7 Å². The van der Waals surface area contributed by atoms with E-state index in [1.165, 1.54) is 12.0 Å². The average Bonchev–Trinajstić information content (AvgIpc) is 3.36. The third-order valence-corrected chi connectivity index (χ3v) is 5.72. The zero-order chi connectivity index (χ0) is 19.9. The Balaban J connectivity index is 1.68. The molecule has 8 heteroatoms. The first kappa shape index (κ1) is 20.9. The summed E-state index contributed by atoms with van der Waals surface area (Å²) in [7, 11) is 3.07. The normalized spacial score (nSPS) is 16.4. The van der Waals surface area contributed by atoms with Crippen molar-refractivity contribution >= 4 is 34.5 Å². The zero-order valence-electron chi connectivity index (χ0n) is 16.1. The van der Waals surface area contributed by atoms with Crippen molar-refractivity contribution in [2.75, 3.05) is 39.2 Å². The van der Waals surface area contributed by atoms with Crippen molar-refractivity contribution in [3.63, 3.8) is 0 Å². The first-order valence-electron chi connectivity index (χ1n) is 9.16. The lowest BCUT2D eigenvalue weighted by atomic mass is 10.2. The summed E-state index contributed by atoms with van der Waals surface area (Å²) in [5, 5.41) is 5.36. The van der Waals surface area contributed by atoms with Crippen molar-refractivity contribution < 1.29 is 19.0 Å². The SMILES string of the molecule is COc1cc(OC)c(NC(=O)CN(Cc2cccs2)C[C@@H]2CCCO2)cc1Cl. The summed E-state index contributed by atoms with van der Waals surface area (Å²) >= 11 is 7.89. The van der Waals surface area contributed by atoms with Crippen LogP contribution in [0.3, 0.4) is 0 Å². The van der Waals surface area contributed by atoms with Crippen molar-refractivity contribution in [2.24, 2.45) is 0 Å². The van der Waals surface area contributed by atoms with Gasteiger partial charge < -0.3 is 19.5 Å². The molecule has 1 atom stereocenters. The molecular formula is C20H25ClN2O4S. The monoisotopic (exact) mass is 424 g/mol. The summed E-state index contributed by atoms with van der Waals surface area (Å²) in [5.74, 6) is 0.863. The molecule has 1 aromatic heterocycles. The highest BCUT2D eigenvalue weighted by Crippen LogP contribution is 2.35. The van der Waals surface area contributed by atoms with Gasteiger partial charge in [-0.2, -0.15) is 0 Å². The van der Waals surface area contributed by atoms with E-state index in [4.69, 9.17) is 25.8 Å². The molecule has 0 bridgehead atoms. The van der Waals surface area contributed by atoms with Gasteiger partial charge in [-0.25, -0.2) is 0 Å². The molecule has 1 N–H and O–H groups in total. The van der Waals surface area contributed by atoms with Gasteiger partial charge in [0.15, 0.2) is 0 Å². The molecule has 1 amide bonds. The van der Waals surface area contributed by atoms with E-state index in [2.05, 4.69) is 16.3 Å². The molecule has 1 saturated heterocycles. The van der Waals surface area contributed by atoms with E-state index in [0.29, 0.717) is 28.8 Å². The van der Waals surface area contributed by atoms with Crippen LogP contribution in [0.4, 0.5) is 5.69 Å². The molecule has 1 aromatic carbocycles. The van der Waals surface area contributed by atoms with Crippen LogP contribution in [-0.2, 0) is 16.1 Å². The van der Waals surface area contributed by atoms with Crippen molar-refractivity contribution in [3.05, 3.63) is 39.5 Å². The van der Waals surface area contributed by atoms with Crippen molar-refractivity contribution in [3.8, 4) is 11.5 Å². The highest BCUT2D eigenvalue weighted by atomic mass is 35.5. The number of thiophene rings is 1. The number of carbonyl (C=O) groups excluding carboxylic acids is 1. The molecule has 152 valence electrons. The molecule has 2 aromatic rings. The first-order chi connectivity index (χ1) is 13.6. The summed E-state index contributed by atoms with van der Waals surface area (Å²) < 4.78 is 16.3. The Morgan fingerprint density at radius 2 is 2.18 bits per heavy atom. The summed E-state index contributed by atoms with van der Waals surface area (Å²) in [6.45, 7) is 2.49. The number of amides is 1. The van der Waals surface area contributed by atoms with E-state index in [1.54, 1.807) is 30.6 Å². The molecule has 1 fully saturated rings. The van der Waals surface area contributed by atoms with Crippen LogP contribution < -0.4 is 14.8 Å². The predicted molar refractivity (Wildman–Crippen MR) is 112 cm³/mol. The third kappa shape index (κ3) is 5.61. The number of hydrogen-bond donors (Lipinski definition) is 1. The van der Waals surface area contributed by atoms with Crippen molar-refractivity contribution in [1.29, 1.82) is 0 Å². The van der Waals surface area contributed by atoms with Gasteiger partial charge in [0, 0.05) is 30.6 Å². The number of carbonyl (C=O) groups is 1. The maximum absolute atomic E-state index is 12.7. The van der Waals surface area contributed by atoms with E-state index >= 15 is 0 Å². The number of halogens is 1.